The van der Waals surface area contributed by atoms with Gasteiger partial charge in [0.1, 0.15) is 0 Å². The first-order chi connectivity index (χ1) is 10.1. The van der Waals surface area contributed by atoms with Gasteiger partial charge in [-0.15, -0.1) is 12.4 Å². The Labute approximate surface area is 140 Å². The normalized spacial score (nSPS) is 16.7. The van der Waals surface area contributed by atoms with Crippen LogP contribution in [0.3, 0.4) is 0 Å². The SMILES string of the molecule is CCN(Cc1ccccc1)S(=O)(=O)N(C)C1CCNCC1.Cl. The van der Waals surface area contributed by atoms with Crippen LogP contribution >= 0.6 is 12.4 Å². The van der Waals surface area contributed by atoms with E-state index < -0.39 is 10.2 Å². The minimum Gasteiger partial charge on any atom is -0.317 e. The minimum atomic E-state index is -3.41. The molecule has 0 radical (unpaired) electrons. The van der Waals surface area contributed by atoms with Gasteiger partial charge in [-0.1, -0.05) is 37.3 Å². The van der Waals surface area contributed by atoms with Crippen molar-refractivity contribution < 1.29 is 8.42 Å². The summed E-state index contributed by atoms with van der Waals surface area (Å²) in [5, 5.41) is 3.27. The smallest absolute Gasteiger partial charge is 0.282 e. The highest BCUT2D eigenvalue weighted by molar-refractivity contribution is 7.86. The zero-order chi connectivity index (χ0) is 15.3. The highest BCUT2D eigenvalue weighted by Gasteiger charge is 2.31. The lowest BCUT2D eigenvalue weighted by Crippen LogP contribution is -2.49. The Hall–Kier alpha value is -0.660. The van der Waals surface area contributed by atoms with Gasteiger partial charge in [0.15, 0.2) is 0 Å². The van der Waals surface area contributed by atoms with Crippen molar-refractivity contribution in [2.45, 2.75) is 32.4 Å². The van der Waals surface area contributed by atoms with Crippen molar-refractivity contribution in [1.29, 1.82) is 0 Å². The molecule has 1 fully saturated rings. The zero-order valence-corrected chi connectivity index (χ0v) is 14.9. The number of hydrogen-bond acceptors (Lipinski definition) is 3. The highest BCUT2D eigenvalue weighted by Crippen LogP contribution is 2.18. The van der Waals surface area contributed by atoms with Crippen LogP contribution in [0.25, 0.3) is 0 Å². The van der Waals surface area contributed by atoms with Gasteiger partial charge in [-0.25, -0.2) is 0 Å². The summed E-state index contributed by atoms with van der Waals surface area (Å²) in [7, 11) is -1.70. The molecule has 1 N–H and O–H groups in total. The summed E-state index contributed by atoms with van der Waals surface area (Å²) < 4.78 is 28.7. The lowest BCUT2D eigenvalue weighted by atomic mass is 10.1. The summed E-state index contributed by atoms with van der Waals surface area (Å²) in [6.07, 6.45) is 1.75. The molecule has 0 amide bonds. The van der Waals surface area contributed by atoms with Crippen LogP contribution in [0, 0.1) is 0 Å². The Balaban J connectivity index is 0.00000242. The number of halogens is 1. The number of nitrogens with one attached hydrogen (secondary N) is 1. The number of benzene rings is 1. The van der Waals surface area contributed by atoms with Gasteiger partial charge >= 0.3 is 0 Å². The van der Waals surface area contributed by atoms with Crippen molar-refractivity contribution in [3.8, 4) is 0 Å². The Morgan fingerprint density at radius 2 is 1.77 bits per heavy atom. The molecular formula is C15H26ClN3O2S. The third-order valence-corrected chi connectivity index (χ3v) is 6.13. The number of rotatable bonds is 6. The molecule has 1 saturated heterocycles. The van der Waals surface area contributed by atoms with Crippen LogP contribution in [0.5, 0.6) is 0 Å². The standard InChI is InChI=1S/C15H25N3O2S.ClH/c1-3-18(13-14-7-5-4-6-8-14)21(19,20)17(2)15-9-11-16-12-10-15;/h4-8,15-16H,3,9-13H2,1-2H3;1H. The van der Waals surface area contributed by atoms with Gasteiger partial charge in [0.2, 0.25) is 0 Å². The Morgan fingerprint density at radius 3 is 2.32 bits per heavy atom. The minimum absolute atomic E-state index is 0. The van der Waals surface area contributed by atoms with Crippen LogP contribution in [-0.2, 0) is 16.8 Å². The van der Waals surface area contributed by atoms with E-state index in [1.807, 2.05) is 37.3 Å². The molecule has 0 aliphatic carbocycles. The van der Waals surface area contributed by atoms with Gasteiger partial charge in [0.05, 0.1) is 0 Å². The van der Waals surface area contributed by atoms with Gasteiger partial charge in [-0.05, 0) is 31.5 Å². The molecule has 5 nitrogen and oxygen atoms in total. The fourth-order valence-electron chi connectivity index (χ4n) is 2.68. The van der Waals surface area contributed by atoms with Crippen molar-refractivity contribution in [3.05, 3.63) is 35.9 Å². The fraction of sp³-hybridized carbons (Fsp3) is 0.600. The summed E-state index contributed by atoms with van der Waals surface area (Å²) in [6.45, 7) is 4.56. The summed E-state index contributed by atoms with van der Waals surface area (Å²) in [5.74, 6) is 0. The molecule has 0 spiro atoms. The highest BCUT2D eigenvalue weighted by atomic mass is 35.5. The van der Waals surface area contributed by atoms with Gasteiger partial charge in [-0.2, -0.15) is 17.0 Å². The van der Waals surface area contributed by atoms with Crippen LogP contribution in [0.1, 0.15) is 25.3 Å². The second-order valence-corrected chi connectivity index (χ2v) is 7.40. The van der Waals surface area contributed by atoms with Gasteiger partial charge in [0, 0.05) is 26.2 Å². The second kappa shape index (κ2) is 8.84. The monoisotopic (exact) mass is 347 g/mol. The van der Waals surface area contributed by atoms with Crippen molar-refractivity contribution >= 4 is 22.6 Å². The molecule has 0 unspecified atom stereocenters. The third-order valence-electron chi connectivity index (χ3n) is 4.07. The van der Waals surface area contributed by atoms with Gasteiger partial charge in [0.25, 0.3) is 10.2 Å². The second-order valence-electron chi connectivity index (χ2n) is 5.42. The quantitative estimate of drug-likeness (QED) is 0.854. The molecule has 0 atom stereocenters. The number of piperidine rings is 1. The van der Waals surface area contributed by atoms with E-state index >= 15 is 0 Å². The first-order valence-corrected chi connectivity index (χ1v) is 8.93. The summed E-state index contributed by atoms with van der Waals surface area (Å²) >= 11 is 0. The van der Waals surface area contributed by atoms with Crippen LogP contribution in [-0.4, -0.2) is 49.8 Å². The molecule has 1 aromatic carbocycles. The van der Waals surface area contributed by atoms with E-state index in [0.717, 1.165) is 31.5 Å². The Kier molecular flexibility index (Phi) is 7.79. The van der Waals surface area contributed by atoms with Crippen molar-refractivity contribution in [3.63, 3.8) is 0 Å². The van der Waals surface area contributed by atoms with Crippen LogP contribution < -0.4 is 5.32 Å². The average molecular weight is 348 g/mol. The fourth-order valence-corrected chi connectivity index (χ4v) is 4.27. The maximum absolute atomic E-state index is 12.8. The molecule has 1 heterocycles. The van der Waals surface area contributed by atoms with E-state index in [9.17, 15) is 8.42 Å². The van der Waals surface area contributed by atoms with Gasteiger partial charge < -0.3 is 5.32 Å². The maximum Gasteiger partial charge on any atom is 0.282 e. The zero-order valence-electron chi connectivity index (χ0n) is 13.2. The molecule has 1 aliphatic heterocycles. The lowest BCUT2D eigenvalue weighted by Gasteiger charge is -2.34. The first kappa shape index (κ1) is 19.4. The summed E-state index contributed by atoms with van der Waals surface area (Å²) in [5.41, 5.74) is 1.02. The molecule has 22 heavy (non-hydrogen) atoms. The predicted molar refractivity (Wildman–Crippen MR) is 92.3 cm³/mol. The van der Waals surface area contributed by atoms with E-state index in [2.05, 4.69) is 5.32 Å². The molecule has 0 aromatic heterocycles. The largest absolute Gasteiger partial charge is 0.317 e. The van der Waals surface area contributed by atoms with Crippen molar-refractivity contribution in [2.24, 2.45) is 0 Å². The number of nitrogens with zero attached hydrogens (tertiary/aromatic N) is 2. The Morgan fingerprint density at radius 1 is 1.18 bits per heavy atom. The third kappa shape index (κ3) is 4.67. The summed E-state index contributed by atoms with van der Waals surface area (Å²) in [4.78, 5) is 0. The van der Waals surface area contributed by atoms with Crippen molar-refractivity contribution in [2.75, 3.05) is 26.7 Å². The van der Waals surface area contributed by atoms with E-state index in [-0.39, 0.29) is 18.4 Å². The molecule has 1 aromatic rings. The van der Waals surface area contributed by atoms with E-state index in [4.69, 9.17) is 0 Å². The molecular weight excluding hydrogens is 322 g/mol. The molecule has 0 bridgehead atoms. The Bertz CT molecular complexity index is 533. The molecule has 0 saturated carbocycles. The summed E-state index contributed by atoms with van der Waals surface area (Å²) in [6, 6.07) is 9.83. The van der Waals surface area contributed by atoms with Crippen molar-refractivity contribution in [1.82, 2.24) is 13.9 Å². The predicted octanol–water partition coefficient (Wildman–Crippen LogP) is 1.86. The first-order valence-electron chi connectivity index (χ1n) is 7.53. The van der Waals surface area contributed by atoms with Crippen LogP contribution in [0.4, 0.5) is 0 Å². The van der Waals surface area contributed by atoms with Crippen LogP contribution in [0.2, 0.25) is 0 Å². The van der Waals surface area contributed by atoms with E-state index in [1.54, 1.807) is 15.7 Å². The number of hydrogen-bond donors (Lipinski definition) is 1. The van der Waals surface area contributed by atoms with Crippen LogP contribution in [0.15, 0.2) is 30.3 Å². The topological polar surface area (TPSA) is 52.7 Å². The molecule has 1 aliphatic rings. The maximum atomic E-state index is 12.8. The average Bonchev–Trinajstić information content (AvgIpc) is 2.53. The van der Waals surface area contributed by atoms with Gasteiger partial charge in [-0.3, -0.25) is 0 Å². The molecule has 2 rings (SSSR count). The molecule has 126 valence electrons. The molecule has 7 heteroatoms. The van der Waals surface area contributed by atoms with E-state index in [1.165, 1.54) is 0 Å². The lowest BCUT2D eigenvalue weighted by molar-refractivity contribution is 0.271. The van der Waals surface area contributed by atoms with E-state index in [0.29, 0.717) is 13.1 Å².